The second-order valence-electron chi connectivity index (χ2n) is 7.71. The molecule has 0 heterocycles. The first-order valence-corrected chi connectivity index (χ1v) is 12.6. The molecule has 0 fully saturated rings. The molecule has 3 aromatic rings. The van der Waals surface area contributed by atoms with E-state index >= 15 is 0 Å². The van der Waals surface area contributed by atoms with Gasteiger partial charge in [-0.25, -0.2) is 8.42 Å². The molecule has 0 saturated heterocycles. The minimum Gasteiger partial charge on any atom is -0.466 e. The Kier molecular flexibility index (Phi) is 9.22. The Morgan fingerprint density at radius 1 is 0.735 bits per heavy atom. The molecule has 7 nitrogen and oxygen atoms in total. The van der Waals surface area contributed by atoms with Crippen LogP contribution >= 0.6 is 0 Å². The largest absolute Gasteiger partial charge is 0.466 e. The van der Waals surface area contributed by atoms with Gasteiger partial charge in [0.15, 0.2) is 0 Å². The second kappa shape index (κ2) is 12.6. The lowest BCUT2D eigenvalue weighted by atomic mass is 10.1. The maximum absolute atomic E-state index is 12.5. The third-order valence-electron chi connectivity index (χ3n) is 4.97. The van der Waals surface area contributed by atoms with Crippen molar-refractivity contribution in [1.82, 2.24) is 0 Å². The molecule has 0 bridgehead atoms. The van der Waals surface area contributed by atoms with Gasteiger partial charge in [-0.05, 0) is 61.2 Å². The number of nitrogens with one attached hydrogen (secondary N) is 2. The number of esters is 1. The number of aryl methyl sites for hydroxylation is 1. The summed E-state index contributed by atoms with van der Waals surface area (Å²) in [5.74, 6) is -0.573. The van der Waals surface area contributed by atoms with Crippen LogP contribution in [0, 0.1) is 0 Å². The lowest BCUT2D eigenvalue weighted by molar-refractivity contribution is -0.143. The normalized spacial score (nSPS) is 10.9. The Bertz CT molecular complexity index is 1160. The van der Waals surface area contributed by atoms with E-state index in [1.807, 2.05) is 30.3 Å². The van der Waals surface area contributed by atoms with E-state index in [0.29, 0.717) is 24.4 Å². The van der Waals surface area contributed by atoms with E-state index in [1.54, 1.807) is 30.3 Å². The molecule has 0 saturated carbocycles. The predicted octanol–water partition coefficient (Wildman–Crippen LogP) is 4.77. The van der Waals surface area contributed by atoms with E-state index in [9.17, 15) is 18.0 Å². The molecule has 0 atom stereocenters. The average Bonchev–Trinajstić information content (AvgIpc) is 2.83. The third-order valence-corrected chi connectivity index (χ3v) is 6.37. The van der Waals surface area contributed by atoms with Gasteiger partial charge >= 0.3 is 5.97 Å². The molecule has 3 aromatic carbocycles. The highest BCUT2D eigenvalue weighted by Crippen LogP contribution is 2.18. The molecule has 0 radical (unpaired) electrons. The summed E-state index contributed by atoms with van der Waals surface area (Å²) in [5.41, 5.74) is 2.15. The zero-order valence-electron chi connectivity index (χ0n) is 18.8. The number of rotatable bonds is 12. The molecule has 0 aliphatic carbocycles. The second-order valence-corrected chi connectivity index (χ2v) is 9.39. The van der Waals surface area contributed by atoms with E-state index in [0.717, 1.165) is 12.8 Å². The van der Waals surface area contributed by atoms with Crippen LogP contribution in [-0.2, 0) is 30.8 Å². The van der Waals surface area contributed by atoms with E-state index in [-0.39, 0.29) is 29.6 Å². The number of hydrogen-bond donors (Lipinski definition) is 2. The van der Waals surface area contributed by atoms with Crippen LogP contribution in [0.3, 0.4) is 0 Å². The van der Waals surface area contributed by atoms with Crippen LogP contribution in [0.15, 0.2) is 89.8 Å². The first kappa shape index (κ1) is 25.0. The first-order valence-electron chi connectivity index (χ1n) is 11.1. The molecule has 8 heteroatoms. The minimum absolute atomic E-state index is 0.0874. The van der Waals surface area contributed by atoms with Crippen molar-refractivity contribution in [2.75, 3.05) is 16.6 Å². The molecule has 0 aliphatic rings. The molecule has 0 spiro atoms. The van der Waals surface area contributed by atoms with Gasteiger partial charge in [0, 0.05) is 24.2 Å². The van der Waals surface area contributed by atoms with Gasteiger partial charge in [0.05, 0.1) is 11.5 Å². The van der Waals surface area contributed by atoms with Crippen molar-refractivity contribution in [1.29, 1.82) is 0 Å². The van der Waals surface area contributed by atoms with Crippen molar-refractivity contribution in [3.05, 3.63) is 90.5 Å². The lowest BCUT2D eigenvalue weighted by Gasteiger charge is -2.09. The van der Waals surface area contributed by atoms with Gasteiger partial charge in [-0.15, -0.1) is 0 Å². The van der Waals surface area contributed by atoms with Crippen molar-refractivity contribution < 1.29 is 22.7 Å². The fourth-order valence-corrected chi connectivity index (χ4v) is 4.29. The zero-order valence-corrected chi connectivity index (χ0v) is 19.6. The summed E-state index contributed by atoms with van der Waals surface area (Å²) in [6, 6.07) is 24.5. The van der Waals surface area contributed by atoms with E-state index < -0.39 is 10.0 Å². The van der Waals surface area contributed by atoms with Crippen LogP contribution in [0.2, 0.25) is 0 Å². The molecule has 34 heavy (non-hydrogen) atoms. The molecule has 0 aliphatic heterocycles. The molecule has 0 unspecified atom stereocenters. The van der Waals surface area contributed by atoms with Gasteiger partial charge in [-0.1, -0.05) is 48.5 Å². The van der Waals surface area contributed by atoms with Crippen LogP contribution < -0.4 is 10.0 Å². The summed E-state index contributed by atoms with van der Waals surface area (Å²) < 4.78 is 32.6. The maximum Gasteiger partial charge on any atom is 0.305 e. The number of ether oxygens (including phenoxy) is 1. The molecule has 1 amide bonds. The molecular weight excluding hydrogens is 452 g/mol. The number of benzene rings is 3. The Balaban J connectivity index is 1.35. The lowest BCUT2D eigenvalue weighted by Crippen LogP contribution is -2.14. The van der Waals surface area contributed by atoms with Crippen molar-refractivity contribution in [3.63, 3.8) is 0 Å². The zero-order chi connectivity index (χ0) is 24.2. The summed E-state index contributed by atoms with van der Waals surface area (Å²) in [6.45, 7) is 0.355. The molecule has 3 rings (SSSR count). The highest BCUT2D eigenvalue weighted by molar-refractivity contribution is 7.92. The van der Waals surface area contributed by atoms with Crippen molar-refractivity contribution in [3.8, 4) is 0 Å². The summed E-state index contributed by atoms with van der Waals surface area (Å²) in [6.07, 6.45) is 2.30. The average molecular weight is 481 g/mol. The Hall–Kier alpha value is -3.65. The van der Waals surface area contributed by atoms with Crippen LogP contribution in [0.1, 0.15) is 31.2 Å². The monoisotopic (exact) mass is 480 g/mol. The number of hydrogen-bond acceptors (Lipinski definition) is 5. The number of carbonyl (C=O) groups excluding carboxylic acids is 2. The Morgan fingerprint density at radius 3 is 2.06 bits per heavy atom. The minimum atomic E-state index is -3.72. The number of para-hydroxylation sites is 1. The summed E-state index contributed by atoms with van der Waals surface area (Å²) in [5, 5.41) is 2.71. The number of anilines is 2. The molecular formula is C26H28N2O5S. The molecule has 0 aromatic heterocycles. The van der Waals surface area contributed by atoms with E-state index in [4.69, 9.17) is 4.74 Å². The fourth-order valence-electron chi connectivity index (χ4n) is 3.23. The van der Waals surface area contributed by atoms with E-state index in [2.05, 4.69) is 10.0 Å². The number of sulfonamides is 1. The SMILES string of the molecule is O=C(CCCC(=O)OCCCc1ccccc1)Nc1ccc(S(=O)(=O)Nc2ccccc2)cc1. The van der Waals surface area contributed by atoms with Crippen LogP contribution in [-0.4, -0.2) is 26.9 Å². The van der Waals surface area contributed by atoms with Crippen molar-refractivity contribution in [2.24, 2.45) is 0 Å². The van der Waals surface area contributed by atoms with Crippen LogP contribution in [0.25, 0.3) is 0 Å². The van der Waals surface area contributed by atoms with Crippen LogP contribution in [0.5, 0.6) is 0 Å². The molecule has 178 valence electrons. The number of carbonyl (C=O) groups is 2. The highest BCUT2D eigenvalue weighted by Gasteiger charge is 2.14. The summed E-state index contributed by atoms with van der Waals surface area (Å²) in [4.78, 5) is 24.1. The maximum atomic E-state index is 12.5. The van der Waals surface area contributed by atoms with Crippen molar-refractivity contribution >= 4 is 33.3 Å². The fraction of sp³-hybridized carbons (Fsp3) is 0.231. The molecule has 2 N–H and O–H groups in total. The summed E-state index contributed by atoms with van der Waals surface area (Å²) in [7, 11) is -3.72. The Labute approximate surface area is 200 Å². The first-order chi connectivity index (χ1) is 16.4. The van der Waals surface area contributed by atoms with Gasteiger partial charge in [-0.3, -0.25) is 14.3 Å². The van der Waals surface area contributed by atoms with Crippen LogP contribution in [0.4, 0.5) is 11.4 Å². The third kappa shape index (κ3) is 8.37. The van der Waals surface area contributed by atoms with E-state index in [1.165, 1.54) is 29.8 Å². The smallest absolute Gasteiger partial charge is 0.305 e. The van der Waals surface area contributed by atoms with Gasteiger partial charge in [0.2, 0.25) is 5.91 Å². The van der Waals surface area contributed by atoms with Gasteiger partial charge in [0.1, 0.15) is 0 Å². The standard InChI is InChI=1S/C26H28N2O5S/c29-25(14-7-15-26(30)33-20-8-11-21-9-3-1-4-10-21)27-22-16-18-24(19-17-22)34(31,32)28-23-12-5-2-6-13-23/h1-6,9-10,12-13,16-19,28H,7-8,11,14-15,20H2,(H,27,29). The number of amides is 1. The highest BCUT2D eigenvalue weighted by atomic mass is 32.2. The Morgan fingerprint density at radius 2 is 1.38 bits per heavy atom. The van der Waals surface area contributed by atoms with Gasteiger partial charge in [-0.2, -0.15) is 0 Å². The van der Waals surface area contributed by atoms with Crippen molar-refractivity contribution in [2.45, 2.75) is 37.0 Å². The topological polar surface area (TPSA) is 102 Å². The van der Waals surface area contributed by atoms with Gasteiger partial charge < -0.3 is 10.1 Å². The predicted molar refractivity (Wildman–Crippen MR) is 132 cm³/mol. The van der Waals surface area contributed by atoms with Gasteiger partial charge in [0.25, 0.3) is 10.0 Å². The summed E-state index contributed by atoms with van der Waals surface area (Å²) >= 11 is 0. The quantitative estimate of drug-likeness (QED) is 0.287.